The molecule has 0 saturated carbocycles. The zero-order valence-corrected chi connectivity index (χ0v) is 17.3. The lowest BCUT2D eigenvalue weighted by atomic mass is 9.90. The van der Waals surface area contributed by atoms with Crippen molar-refractivity contribution in [3.8, 4) is 22.3 Å². The number of rotatable bonds is 2. The van der Waals surface area contributed by atoms with E-state index >= 15 is 0 Å². The molecule has 0 fully saturated rings. The SMILES string of the molecule is Cc1cc(-c2cc3ccccc3c3ccccc23)cc(-c2cccc3cccnc23)c1. The predicted molar refractivity (Wildman–Crippen MR) is 132 cm³/mol. The van der Waals surface area contributed by atoms with E-state index in [1.54, 1.807) is 0 Å². The molecule has 5 aromatic carbocycles. The van der Waals surface area contributed by atoms with Crippen molar-refractivity contribution >= 4 is 32.4 Å². The molecule has 1 heterocycles. The Hall–Kier alpha value is -3.97. The van der Waals surface area contributed by atoms with Crippen LogP contribution in [0.1, 0.15) is 5.56 Å². The average molecular weight is 396 g/mol. The van der Waals surface area contributed by atoms with Gasteiger partial charge in [0.25, 0.3) is 0 Å². The fourth-order valence-electron chi connectivity index (χ4n) is 4.72. The first-order valence-corrected chi connectivity index (χ1v) is 10.6. The quantitative estimate of drug-likeness (QED) is 0.269. The van der Waals surface area contributed by atoms with Crippen LogP contribution in [0.5, 0.6) is 0 Å². The molecule has 0 atom stereocenters. The molecular weight excluding hydrogens is 374 g/mol. The summed E-state index contributed by atoms with van der Waals surface area (Å²) < 4.78 is 0. The minimum absolute atomic E-state index is 1.05. The molecule has 31 heavy (non-hydrogen) atoms. The molecule has 0 N–H and O–H groups in total. The lowest BCUT2D eigenvalue weighted by Crippen LogP contribution is -1.89. The third kappa shape index (κ3) is 2.98. The van der Waals surface area contributed by atoms with Gasteiger partial charge in [0.05, 0.1) is 5.52 Å². The first-order chi connectivity index (χ1) is 15.3. The predicted octanol–water partition coefficient (Wildman–Crippen LogP) is 8.18. The van der Waals surface area contributed by atoms with Crippen LogP contribution < -0.4 is 0 Å². The summed E-state index contributed by atoms with van der Waals surface area (Å²) in [6, 6.07) is 37.1. The second-order valence-corrected chi connectivity index (χ2v) is 8.16. The number of pyridine rings is 1. The smallest absolute Gasteiger partial charge is 0.0780 e. The molecular formula is C30H21N. The van der Waals surface area contributed by atoms with Crippen LogP contribution >= 0.6 is 0 Å². The summed E-state index contributed by atoms with van der Waals surface area (Å²) in [5, 5.41) is 6.32. The third-order valence-electron chi connectivity index (χ3n) is 6.10. The van der Waals surface area contributed by atoms with Crippen LogP contribution in [0.4, 0.5) is 0 Å². The van der Waals surface area contributed by atoms with Crippen molar-refractivity contribution in [3.05, 3.63) is 115 Å². The summed E-state index contributed by atoms with van der Waals surface area (Å²) in [6.07, 6.45) is 1.87. The van der Waals surface area contributed by atoms with Gasteiger partial charge >= 0.3 is 0 Å². The Balaban J connectivity index is 1.65. The van der Waals surface area contributed by atoms with Gasteiger partial charge in [-0.2, -0.15) is 0 Å². The minimum atomic E-state index is 1.05. The van der Waals surface area contributed by atoms with Gasteiger partial charge in [-0.1, -0.05) is 84.9 Å². The molecule has 0 radical (unpaired) electrons. The van der Waals surface area contributed by atoms with Crippen molar-refractivity contribution < 1.29 is 0 Å². The molecule has 0 saturated heterocycles. The molecule has 146 valence electrons. The largest absolute Gasteiger partial charge is 0.256 e. The van der Waals surface area contributed by atoms with Crippen LogP contribution in [-0.4, -0.2) is 4.98 Å². The Bertz CT molecular complexity index is 1590. The summed E-state index contributed by atoms with van der Waals surface area (Å²) >= 11 is 0. The molecule has 1 aromatic heterocycles. The molecule has 1 nitrogen and oxygen atoms in total. The molecule has 0 aliphatic rings. The average Bonchev–Trinajstić information content (AvgIpc) is 2.83. The molecule has 0 aliphatic carbocycles. The summed E-state index contributed by atoms with van der Waals surface area (Å²) in [5.74, 6) is 0. The van der Waals surface area contributed by atoms with Crippen molar-refractivity contribution in [1.29, 1.82) is 0 Å². The van der Waals surface area contributed by atoms with E-state index in [-0.39, 0.29) is 0 Å². The van der Waals surface area contributed by atoms with E-state index in [2.05, 4.69) is 109 Å². The summed E-state index contributed by atoms with van der Waals surface area (Å²) in [7, 11) is 0. The summed E-state index contributed by atoms with van der Waals surface area (Å²) in [5.41, 5.74) is 7.18. The van der Waals surface area contributed by atoms with Crippen LogP contribution in [0.2, 0.25) is 0 Å². The number of hydrogen-bond donors (Lipinski definition) is 0. The maximum absolute atomic E-state index is 4.68. The Morgan fingerprint density at radius 2 is 1.19 bits per heavy atom. The molecule has 0 spiro atoms. The lowest BCUT2D eigenvalue weighted by Gasteiger charge is -2.14. The fraction of sp³-hybridized carbons (Fsp3) is 0.0333. The number of hydrogen-bond acceptors (Lipinski definition) is 1. The lowest BCUT2D eigenvalue weighted by molar-refractivity contribution is 1.40. The highest BCUT2D eigenvalue weighted by molar-refractivity contribution is 6.14. The highest BCUT2D eigenvalue weighted by Gasteiger charge is 2.11. The molecule has 1 heteroatoms. The number of aromatic nitrogens is 1. The van der Waals surface area contributed by atoms with Crippen molar-refractivity contribution in [1.82, 2.24) is 4.98 Å². The van der Waals surface area contributed by atoms with E-state index in [0.717, 1.165) is 5.52 Å². The Morgan fingerprint density at radius 3 is 2.06 bits per heavy atom. The molecule has 0 bridgehead atoms. The zero-order valence-electron chi connectivity index (χ0n) is 17.3. The minimum Gasteiger partial charge on any atom is -0.256 e. The van der Waals surface area contributed by atoms with E-state index in [1.165, 1.54) is 54.7 Å². The van der Waals surface area contributed by atoms with Crippen LogP contribution in [0.3, 0.4) is 0 Å². The van der Waals surface area contributed by atoms with Gasteiger partial charge in [0.1, 0.15) is 0 Å². The third-order valence-corrected chi connectivity index (χ3v) is 6.10. The van der Waals surface area contributed by atoms with Crippen molar-refractivity contribution in [3.63, 3.8) is 0 Å². The summed E-state index contributed by atoms with van der Waals surface area (Å²) in [6.45, 7) is 2.18. The van der Waals surface area contributed by atoms with E-state index < -0.39 is 0 Å². The molecule has 6 rings (SSSR count). The Morgan fingerprint density at radius 1 is 0.516 bits per heavy atom. The normalized spacial score (nSPS) is 11.4. The number of aryl methyl sites for hydroxylation is 1. The highest BCUT2D eigenvalue weighted by atomic mass is 14.6. The second kappa shape index (κ2) is 7.07. The van der Waals surface area contributed by atoms with E-state index in [0.29, 0.717) is 0 Å². The van der Waals surface area contributed by atoms with E-state index in [9.17, 15) is 0 Å². The second-order valence-electron chi connectivity index (χ2n) is 8.16. The zero-order chi connectivity index (χ0) is 20.8. The topological polar surface area (TPSA) is 12.9 Å². The van der Waals surface area contributed by atoms with Crippen LogP contribution in [-0.2, 0) is 0 Å². The van der Waals surface area contributed by atoms with Gasteiger partial charge in [0.2, 0.25) is 0 Å². The molecule has 0 amide bonds. The number of fused-ring (bicyclic) bond motifs is 4. The van der Waals surface area contributed by atoms with Gasteiger partial charge in [0.15, 0.2) is 0 Å². The fourth-order valence-corrected chi connectivity index (χ4v) is 4.72. The Kier molecular flexibility index (Phi) is 4.07. The van der Waals surface area contributed by atoms with Gasteiger partial charge < -0.3 is 0 Å². The number of benzene rings is 5. The number of para-hydroxylation sites is 1. The van der Waals surface area contributed by atoms with Gasteiger partial charge in [-0.3, -0.25) is 4.98 Å². The standard InChI is InChI=1S/C30H21N/c1-20-16-23(26-14-6-9-21-10-7-15-31-30(21)26)18-24(17-20)29-19-22-8-2-3-11-25(22)27-12-4-5-13-28(27)29/h2-19H,1H3. The molecule has 6 aromatic rings. The Labute approximate surface area is 181 Å². The van der Waals surface area contributed by atoms with Gasteiger partial charge in [0, 0.05) is 17.1 Å². The van der Waals surface area contributed by atoms with Crippen molar-refractivity contribution in [2.75, 3.05) is 0 Å². The number of nitrogens with zero attached hydrogens (tertiary/aromatic N) is 1. The van der Waals surface area contributed by atoms with Gasteiger partial charge in [-0.25, -0.2) is 0 Å². The maximum atomic E-state index is 4.68. The van der Waals surface area contributed by atoms with Crippen molar-refractivity contribution in [2.45, 2.75) is 6.92 Å². The first kappa shape index (κ1) is 17.9. The monoisotopic (exact) mass is 395 g/mol. The molecule has 0 unspecified atom stereocenters. The van der Waals surface area contributed by atoms with E-state index in [1.807, 2.05) is 12.3 Å². The van der Waals surface area contributed by atoms with Crippen LogP contribution in [0.25, 0.3) is 54.7 Å². The maximum Gasteiger partial charge on any atom is 0.0780 e. The first-order valence-electron chi connectivity index (χ1n) is 10.6. The van der Waals surface area contributed by atoms with E-state index in [4.69, 9.17) is 0 Å². The van der Waals surface area contributed by atoms with Crippen LogP contribution in [0, 0.1) is 6.92 Å². The van der Waals surface area contributed by atoms with Gasteiger partial charge in [-0.05, 0) is 68.9 Å². The van der Waals surface area contributed by atoms with Gasteiger partial charge in [-0.15, -0.1) is 0 Å². The van der Waals surface area contributed by atoms with Crippen LogP contribution in [0.15, 0.2) is 109 Å². The highest BCUT2D eigenvalue weighted by Crippen LogP contribution is 2.37. The summed E-state index contributed by atoms with van der Waals surface area (Å²) in [4.78, 5) is 4.68. The molecule has 0 aliphatic heterocycles. The van der Waals surface area contributed by atoms with Crippen molar-refractivity contribution in [2.24, 2.45) is 0 Å².